The molecule has 0 fully saturated rings. The lowest BCUT2D eigenvalue weighted by atomic mass is 10.2. The quantitative estimate of drug-likeness (QED) is 0.615. The molecule has 0 spiro atoms. The summed E-state index contributed by atoms with van der Waals surface area (Å²) in [7, 11) is 0. The van der Waals surface area contributed by atoms with E-state index in [0.29, 0.717) is 29.7 Å². The van der Waals surface area contributed by atoms with Crippen LogP contribution in [0.25, 0.3) is 22.9 Å². The Hall–Kier alpha value is -2.44. The Balaban J connectivity index is 1.82. The van der Waals surface area contributed by atoms with Crippen LogP contribution in [-0.2, 0) is 6.54 Å². The van der Waals surface area contributed by atoms with E-state index < -0.39 is 0 Å². The molecule has 0 radical (unpaired) electrons. The highest BCUT2D eigenvalue weighted by atomic mass is 35.5. The molecular weight excluding hydrogens is 330 g/mol. The van der Waals surface area contributed by atoms with E-state index >= 15 is 0 Å². The second-order valence-electron chi connectivity index (χ2n) is 5.03. The van der Waals surface area contributed by atoms with Gasteiger partial charge >= 0.3 is 0 Å². The van der Waals surface area contributed by atoms with E-state index in [1.807, 2.05) is 46.3 Å². The van der Waals surface area contributed by atoms with Crippen LogP contribution in [0.4, 0.5) is 5.82 Å². The molecule has 0 unspecified atom stereocenters. The van der Waals surface area contributed by atoms with Gasteiger partial charge in [-0.25, -0.2) is 15.0 Å². The first kappa shape index (κ1) is 14.2. The number of hydrogen-bond acceptors (Lipinski definition) is 5. The second-order valence-corrected chi connectivity index (χ2v) is 6.44. The molecule has 23 heavy (non-hydrogen) atoms. The molecule has 1 aromatic carbocycles. The monoisotopic (exact) mass is 341 g/mol. The van der Waals surface area contributed by atoms with Crippen molar-refractivity contribution in [3.8, 4) is 22.9 Å². The summed E-state index contributed by atoms with van der Waals surface area (Å²) < 4.78 is 1.92. The largest absolute Gasteiger partial charge is 0.382 e. The lowest BCUT2D eigenvalue weighted by Gasteiger charge is -2.10. The number of nitrogen functional groups attached to an aromatic ring is 1. The Bertz CT molecular complexity index is 931. The lowest BCUT2D eigenvalue weighted by Crippen LogP contribution is -2.08. The average Bonchev–Trinajstić information content (AvgIpc) is 3.19. The van der Waals surface area contributed by atoms with Crippen LogP contribution < -0.4 is 5.73 Å². The third-order valence-electron chi connectivity index (χ3n) is 3.53. The van der Waals surface area contributed by atoms with Crippen molar-refractivity contribution in [2.45, 2.75) is 6.54 Å². The minimum Gasteiger partial charge on any atom is -0.382 e. The summed E-state index contributed by atoms with van der Waals surface area (Å²) >= 11 is 7.79. The van der Waals surface area contributed by atoms with Gasteiger partial charge in [-0.05, 0) is 11.4 Å². The molecule has 2 N–H and O–H groups in total. The fourth-order valence-electron chi connectivity index (χ4n) is 2.38. The van der Waals surface area contributed by atoms with Crippen LogP contribution in [-0.4, -0.2) is 19.5 Å². The zero-order chi connectivity index (χ0) is 15.8. The van der Waals surface area contributed by atoms with Gasteiger partial charge in [0.25, 0.3) is 0 Å². The summed E-state index contributed by atoms with van der Waals surface area (Å²) in [5.74, 6) is 1.73. The highest BCUT2D eigenvalue weighted by Crippen LogP contribution is 2.30. The Kier molecular flexibility index (Phi) is 3.48. The smallest absolute Gasteiger partial charge is 0.166 e. The molecule has 3 heterocycles. The number of benzene rings is 1. The first-order valence-electron chi connectivity index (χ1n) is 6.98. The number of anilines is 1. The van der Waals surface area contributed by atoms with E-state index in [0.717, 1.165) is 15.5 Å². The van der Waals surface area contributed by atoms with Crippen molar-refractivity contribution in [1.82, 2.24) is 19.5 Å². The predicted octanol–water partition coefficient (Wildman–Crippen LogP) is 3.79. The molecule has 0 atom stereocenters. The van der Waals surface area contributed by atoms with Gasteiger partial charge in [0.05, 0.1) is 17.9 Å². The summed E-state index contributed by atoms with van der Waals surface area (Å²) in [5, 5.41) is 2.71. The zero-order valence-electron chi connectivity index (χ0n) is 12.0. The number of fused-ring (bicyclic) bond motifs is 1. The zero-order valence-corrected chi connectivity index (χ0v) is 13.6. The average molecular weight is 342 g/mol. The number of imidazole rings is 1. The van der Waals surface area contributed by atoms with Crippen molar-refractivity contribution in [2.24, 2.45) is 0 Å². The number of halogens is 1. The highest BCUT2D eigenvalue weighted by molar-refractivity contribution is 7.10. The van der Waals surface area contributed by atoms with Crippen molar-refractivity contribution < 1.29 is 0 Å². The van der Waals surface area contributed by atoms with E-state index in [1.54, 1.807) is 17.7 Å². The van der Waals surface area contributed by atoms with Crippen molar-refractivity contribution in [3.63, 3.8) is 0 Å². The van der Waals surface area contributed by atoms with E-state index in [1.165, 1.54) is 0 Å². The van der Waals surface area contributed by atoms with Gasteiger partial charge in [-0.2, -0.15) is 0 Å². The Morgan fingerprint density at radius 3 is 2.70 bits per heavy atom. The minimum absolute atomic E-state index is 0.378. The first-order chi connectivity index (χ1) is 11.2. The fraction of sp³-hybridized carbons (Fsp3) is 0.0625. The van der Waals surface area contributed by atoms with Gasteiger partial charge in [0, 0.05) is 10.4 Å². The van der Waals surface area contributed by atoms with Crippen LogP contribution in [0.5, 0.6) is 0 Å². The summed E-state index contributed by atoms with van der Waals surface area (Å²) in [6, 6.07) is 11.7. The molecule has 0 saturated heterocycles. The molecular formula is C16H12ClN5S. The first-order valence-corrected chi connectivity index (χ1v) is 8.24. The van der Waals surface area contributed by atoms with Crippen molar-refractivity contribution in [3.05, 3.63) is 58.0 Å². The second kappa shape index (κ2) is 5.64. The summed E-state index contributed by atoms with van der Waals surface area (Å²) in [6.07, 6.45) is 1.68. The standard InChI is InChI=1S/C16H12ClN5S/c17-11-6-7-23-12(11)8-22-9-19-14(18)13-16(22)21-15(20-13)10-4-2-1-3-5-10/h1-7,9H,8,18H2. The van der Waals surface area contributed by atoms with Crippen LogP contribution in [0.3, 0.4) is 0 Å². The van der Waals surface area contributed by atoms with E-state index in [-0.39, 0.29) is 0 Å². The molecule has 0 saturated carbocycles. The summed E-state index contributed by atoms with van der Waals surface area (Å²) in [5.41, 5.74) is 7.53. The predicted molar refractivity (Wildman–Crippen MR) is 92.7 cm³/mol. The van der Waals surface area contributed by atoms with Crippen LogP contribution in [0, 0.1) is 0 Å². The van der Waals surface area contributed by atoms with E-state index in [9.17, 15) is 0 Å². The third kappa shape index (κ3) is 2.56. The van der Waals surface area contributed by atoms with Crippen LogP contribution in [0.2, 0.25) is 5.02 Å². The number of aromatic nitrogens is 4. The Labute approximate surface area is 141 Å². The number of hydrogen-bond donors (Lipinski definition) is 1. The fourth-order valence-corrected chi connectivity index (χ4v) is 3.47. The molecule has 2 aliphatic heterocycles. The normalized spacial score (nSPS) is 11.2. The van der Waals surface area contributed by atoms with Gasteiger partial charge in [0.2, 0.25) is 0 Å². The van der Waals surface area contributed by atoms with Gasteiger partial charge in [0.1, 0.15) is 0 Å². The molecule has 5 nitrogen and oxygen atoms in total. The van der Waals surface area contributed by atoms with Crippen LogP contribution in [0.15, 0.2) is 48.1 Å². The number of nitrogens with zero attached hydrogens (tertiary/aromatic N) is 4. The SMILES string of the molecule is Nc1ncn(Cc2sccc2Cl)c2nc(-c3ccccc3)nc1-2. The Morgan fingerprint density at radius 2 is 1.96 bits per heavy atom. The molecule has 2 aliphatic rings. The topological polar surface area (TPSA) is 69.6 Å². The van der Waals surface area contributed by atoms with Gasteiger partial charge in [-0.1, -0.05) is 41.9 Å². The van der Waals surface area contributed by atoms with Gasteiger partial charge < -0.3 is 10.3 Å². The maximum atomic E-state index is 6.19. The number of nitrogens with two attached hydrogens (primary N) is 1. The molecule has 0 aliphatic carbocycles. The molecule has 7 heteroatoms. The maximum Gasteiger partial charge on any atom is 0.166 e. The maximum absolute atomic E-state index is 6.19. The minimum atomic E-state index is 0.378. The third-order valence-corrected chi connectivity index (χ3v) is 4.90. The summed E-state index contributed by atoms with van der Waals surface area (Å²) in [4.78, 5) is 14.5. The highest BCUT2D eigenvalue weighted by Gasteiger charge is 2.20. The van der Waals surface area contributed by atoms with Gasteiger partial charge in [0.15, 0.2) is 23.2 Å². The molecule has 2 aromatic rings. The molecule has 114 valence electrons. The molecule has 0 bridgehead atoms. The molecule has 0 amide bonds. The van der Waals surface area contributed by atoms with E-state index in [2.05, 4.69) is 15.0 Å². The number of rotatable bonds is 3. The summed E-state index contributed by atoms with van der Waals surface area (Å²) in [6.45, 7) is 0.590. The number of thiophene rings is 1. The van der Waals surface area contributed by atoms with Crippen LogP contribution in [0.1, 0.15) is 4.88 Å². The molecule has 4 rings (SSSR count). The molecule has 1 aromatic heterocycles. The Morgan fingerprint density at radius 1 is 1.13 bits per heavy atom. The van der Waals surface area contributed by atoms with E-state index in [4.69, 9.17) is 17.3 Å². The van der Waals surface area contributed by atoms with Gasteiger partial charge in [-0.15, -0.1) is 11.3 Å². The van der Waals surface area contributed by atoms with Crippen LogP contribution >= 0.6 is 22.9 Å². The van der Waals surface area contributed by atoms with Crippen molar-refractivity contribution in [1.29, 1.82) is 0 Å². The lowest BCUT2D eigenvalue weighted by molar-refractivity contribution is 0.773. The van der Waals surface area contributed by atoms with Crippen molar-refractivity contribution >= 4 is 28.8 Å². The van der Waals surface area contributed by atoms with Gasteiger partial charge in [-0.3, -0.25) is 0 Å². The van der Waals surface area contributed by atoms with Crippen molar-refractivity contribution in [2.75, 3.05) is 5.73 Å².